The number of H-pyrrole nitrogens is 2. The molecule has 0 spiro atoms. The van der Waals surface area contributed by atoms with Gasteiger partial charge in [-0.3, -0.25) is 24.0 Å². The van der Waals surface area contributed by atoms with E-state index in [0.717, 1.165) is 21.8 Å². The SMILES string of the molecule is NC(=O)CC(NC(=O)C(N)CC(=O)O)C(=O)NC(Cc1c[nH]c2ccccc12)C(=O)NC(Cc1c[nH]c2ccccc12)C(=O)O. The molecule has 4 rings (SSSR count). The van der Waals surface area contributed by atoms with Crippen molar-refractivity contribution in [3.05, 3.63) is 72.1 Å². The van der Waals surface area contributed by atoms with E-state index in [1.807, 2.05) is 30.3 Å². The summed E-state index contributed by atoms with van der Waals surface area (Å²) < 4.78 is 0. The highest BCUT2D eigenvalue weighted by atomic mass is 16.4. The lowest BCUT2D eigenvalue weighted by molar-refractivity contribution is -0.142. The van der Waals surface area contributed by atoms with Gasteiger partial charge in [0.2, 0.25) is 23.6 Å². The molecule has 4 amide bonds. The number of fused-ring (bicyclic) bond motifs is 2. The van der Waals surface area contributed by atoms with Crippen molar-refractivity contribution in [3.63, 3.8) is 0 Å². The number of para-hydroxylation sites is 2. The van der Waals surface area contributed by atoms with Crippen LogP contribution in [-0.4, -0.2) is 79.9 Å². The summed E-state index contributed by atoms with van der Waals surface area (Å²) in [4.78, 5) is 80.7. The highest BCUT2D eigenvalue weighted by Gasteiger charge is 2.32. The van der Waals surface area contributed by atoms with Gasteiger partial charge < -0.3 is 47.6 Å². The first-order valence-electron chi connectivity index (χ1n) is 13.9. The number of benzene rings is 2. The van der Waals surface area contributed by atoms with Crippen LogP contribution in [0.1, 0.15) is 24.0 Å². The van der Waals surface area contributed by atoms with E-state index < -0.39 is 72.6 Å². The van der Waals surface area contributed by atoms with Crippen molar-refractivity contribution in [3.8, 4) is 0 Å². The van der Waals surface area contributed by atoms with E-state index >= 15 is 0 Å². The second kappa shape index (κ2) is 14.2. The normalized spacial score (nSPS) is 13.8. The Labute approximate surface area is 255 Å². The van der Waals surface area contributed by atoms with Gasteiger partial charge in [0.05, 0.1) is 18.9 Å². The third kappa shape index (κ3) is 8.23. The lowest BCUT2D eigenvalue weighted by Gasteiger charge is -2.25. The van der Waals surface area contributed by atoms with Gasteiger partial charge in [-0.25, -0.2) is 4.79 Å². The minimum Gasteiger partial charge on any atom is -0.481 e. The molecule has 236 valence electrons. The van der Waals surface area contributed by atoms with Gasteiger partial charge in [0, 0.05) is 47.0 Å². The summed E-state index contributed by atoms with van der Waals surface area (Å²) in [6.45, 7) is 0. The Morgan fingerprint density at radius 1 is 0.667 bits per heavy atom. The molecule has 0 aliphatic heterocycles. The maximum absolute atomic E-state index is 13.7. The van der Waals surface area contributed by atoms with Crippen molar-refractivity contribution < 1.29 is 39.0 Å². The number of aliphatic carboxylic acids is 2. The summed E-state index contributed by atoms with van der Waals surface area (Å²) in [5.74, 6) is -6.49. The number of hydrogen-bond acceptors (Lipinski definition) is 7. The molecule has 4 unspecified atom stereocenters. The number of aromatic nitrogens is 2. The zero-order chi connectivity index (χ0) is 32.7. The molecular weight excluding hydrogens is 586 g/mol. The van der Waals surface area contributed by atoms with E-state index in [2.05, 4.69) is 25.9 Å². The number of aromatic amines is 2. The van der Waals surface area contributed by atoms with Gasteiger partial charge in [-0.1, -0.05) is 36.4 Å². The standard InChI is InChI=1S/C30H33N7O8/c31-19(11-26(39)40)27(41)35-23(12-25(32)38)29(43)36-22(9-15-13-33-20-7-3-1-5-17(15)20)28(42)37-24(30(44)45)10-16-14-34-21-8-4-2-6-18(16)21/h1-8,13-14,19,22-24,33-34H,9-12,31H2,(H2,32,38)(H,35,41)(H,36,43)(H,37,42)(H,39,40)(H,44,45). The van der Waals surface area contributed by atoms with Crippen LogP contribution in [0.2, 0.25) is 0 Å². The van der Waals surface area contributed by atoms with Crippen molar-refractivity contribution in [1.29, 1.82) is 0 Å². The van der Waals surface area contributed by atoms with Crippen LogP contribution in [0.4, 0.5) is 0 Å². The fourth-order valence-electron chi connectivity index (χ4n) is 4.96. The van der Waals surface area contributed by atoms with Crippen molar-refractivity contribution in [2.45, 2.75) is 49.9 Å². The smallest absolute Gasteiger partial charge is 0.326 e. The van der Waals surface area contributed by atoms with Gasteiger partial charge in [0.1, 0.15) is 18.1 Å². The number of nitrogens with one attached hydrogen (secondary N) is 5. The van der Waals surface area contributed by atoms with E-state index in [1.54, 1.807) is 30.6 Å². The van der Waals surface area contributed by atoms with Crippen LogP contribution in [0.3, 0.4) is 0 Å². The Morgan fingerprint density at radius 3 is 1.64 bits per heavy atom. The minimum absolute atomic E-state index is 0.0688. The van der Waals surface area contributed by atoms with Crippen molar-refractivity contribution >= 4 is 57.4 Å². The molecule has 0 radical (unpaired) electrons. The lowest BCUT2D eigenvalue weighted by atomic mass is 10.0. The third-order valence-electron chi connectivity index (χ3n) is 7.22. The largest absolute Gasteiger partial charge is 0.481 e. The van der Waals surface area contributed by atoms with Gasteiger partial charge in [0.15, 0.2) is 0 Å². The monoisotopic (exact) mass is 619 g/mol. The number of carbonyl (C=O) groups excluding carboxylic acids is 4. The van der Waals surface area contributed by atoms with Crippen LogP contribution >= 0.6 is 0 Å². The lowest BCUT2D eigenvalue weighted by Crippen LogP contribution is -2.58. The summed E-state index contributed by atoms with van der Waals surface area (Å²) >= 11 is 0. The quantitative estimate of drug-likeness (QED) is 0.0841. The Hall–Kier alpha value is -5.70. The van der Waals surface area contributed by atoms with Crippen LogP contribution in [-0.2, 0) is 41.6 Å². The zero-order valence-corrected chi connectivity index (χ0v) is 23.9. The summed E-state index contributed by atoms with van der Waals surface area (Å²) in [6.07, 6.45) is 1.71. The fourth-order valence-corrected chi connectivity index (χ4v) is 4.96. The molecule has 0 aliphatic carbocycles. The molecule has 0 saturated carbocycles. The zero-order valence-electron chi connectivity index (χ0n) is 23.9. The maximum Gasteiger partial charge on any atom is 0.326 e. The number of carboxylic acids is 2. The van der Waals surface area contributed by atoms with Gasteiger partial charge in [-0.15, -0.1) is 0 Å². The second-order valence-electron chi connectivity index (χ2n) is 10.5. The molecule has 2 aromatic heterocycles. The van der Waals surface area contributed by atoms with Crippen LogP contribution in [0, 0.1) is 0 Å². The van der Waals surface area contributed by atoms with Gasteiger partial charge in [-0.2, -0.15) is 0 Å². The van der Waals surface area contributed by atoms with Crippen molar-refractivity contribution in [1.82, 2.24) is 25.9 Å². The Morgan fingerprint density at radius 2 is 1.13 bits per heavy atom. The first-order valence-corrected chi connectivity index (χ1v) is 13.9. The Bertz CT molecular complexity index is 1750. The number of nitrogens with two attached hydrogens (primary N) is 2. The number of carboxylic acid groups (broad SMARTS) is 2. The highest BCUT2D eigenvalue weighted by molar-refractivity contribution is 5.97. The molecular formula is C30H33N7O8. The summed E-state index contributed by atoms with van der Waals surface area (Å²) in [6, 6.07) is 8.59. The van der Waals surface area contributed by atoms with Gasteiger partial charge in [-0.05, 0) is 23.3 Å². The summed E-state index contributed by atoms with van der Waals surface area (Å²) in [5.41, 5.74) is 13.7. The van der Waals surface area contributed by atoms with E-state index in [9.17, 15) is 33.9 Å². The topological polar surface area (TPSA) is 263 Å². The number of carbonyl (C=O) groups is 6. The van der Waals surface area contributed by atoms with E-state index in [4.69, 9.17) is 16.6 Å². The predicted octanol–water partition coefficient (Wildman–Crippen LogP) is -0.349. The molecule has 0 bridgehead atoms. The molecule has 4 aromatic rings. The number of hydrogen-bond donors (Lipinski definition) is 9. The second-order valence-corrected chi connectivity index (χ2v) is 10.5. The molecule has 0 fully saturated rings. The first kappa shape index (κ1) is 32.2. The van der Waals surface area contributed by atoms with Gasteiger partial charge in [0.25, 0.3) is 0 Å². The Balaban J connectivity index is 1.59. The van der Waals surface area contributed by atoms with Crippen molar-refractivity contribution in [2.24, 2.45) is 11.5 Å². The van der Waals surface area contributed by atoms with Crippen LogP contribution < -0.4 is 27.4 Å². The summed E-state index contributed by atoms with van der Waals surface area (Å²) in [7, 11) is 0. The molecule has 15 nitrogen and oxygen atoms in total. The highest BCUT2D eigenvalue weighted by Crippen LogP contribution is 2.21. The van der Waals surface area contributed by atoms with Crippen molar-refractivity contribution in [2.75, 3.05) is 0 Å². The van der Waals surface area contributed by atoms with Crippen LogP contribution in [0.25, 0.3) is 21.8 Å². The molecule has 2 aromatic carbocycles. The van der Waals surface area contributed by atoms with Crippen LogP contribution in [0.5, 0.6) is 0 Å². The number of amides is 4. The molecule has 15 heteroatoms. The van der Waals surface area contributed by atoms with Crippen LogP contribution in [0.15, 0.2) is 60.9 Å². The minimum atomic E-state index is -1.60. The average Bonchev–Trinajstić information content (AvgIpc) is 3.59. The third-order valence-corrected chi connectivity index (χ3v) is 7.22. The fraction of sp³-hybridized carbons (Fsp3) is 0.267. The molecule has 0 aliphatic rings. The van der Waals surface area contributed by atoms with E-state index in [1.165, 1.54) is 0 Å². The number of rotatable bonds is 15. The molecule has 11 N–H and O–H groups in total. The maximum atomic E-state index is 13.7. The summed E-state index contributed by atoms with van der Waals surface area (Å²) in [5, 5.41) is 27.7. The van der Waals surface area contributed by atoms with Gasteiger partial charge >= 0.3 is 11.9 Å². The molecule has 2 heterocycles. The average molecular weight is 620 g/mol. The van der Waals surface area contributed by atoms with E-state index in [0.29, 0.717) is 11.1 Å². The molecule has 0 saturated heterocycles. The van der Waals surface area contributed by atoms with E-state index in [-0.39, 0.29) is 12.8 Å². The first-order chi connectivity index (χ1) is 21.4. The molecule has 4 atom stereocenters. The number of primary amides is 1. The Kier molecular flexibility index (Phi) is 10.2. The molecule has 45 heavy (non-hydrogen) atoms. The predicted molar refractivity (Wildman–Crippen MR) is 161 cm³/mol.